The van der Waals surface area contributed by atoms with E-state index in [9.17, 15) is 4.39 Å². The van der Waals surface area contributed by atoms with Gasteiger partial charge in [-0.05, 0) is 64.7 Å². The van der Waals surface area contributed by atoms with Crippen LogP contribution in [0.1, 0.15) is 5.56 Å². The number of hydrogen-bond donors (Lipinski definition) is 2. The molecule has 0 atom stereocenters. The summed E-state index contributed by atoms with van der Waals surface area (Å²) in [6, 6.07) is 33.0. The van der Waals surface area contributed by atoms with Crippen LogP contribution in [-0.4, -0.2) is 20.2 Å². The molecule has 0 aliphatic heterocycles. The first-order valence-electron chi connectivity index (χ1n) is 12.7. The molecule has 7 rings (SSSR count). The Kier molecular flexibility index (Phi) is 5.63. The third-order valence-corrected chi connectivity index (χ3v) is 6.91. The molecule has 0 aliphatic carbocycles. The lowest BCUT2D eigenvalue weighted by Gasteiger charge is -2.08. The first-order valence-corrected chi connectivity index (χ1v) is 12.7. The van der Waals surface area contributed by atoms with Crippen LogP contribution in [0.2, 0.25) is 0 Å². The average molecular weight is 511 g/mol. The van der Waals surface area contributed by atoms with Gasteiger partial charge in [-0.1, -0.05) is 60.7 Å². The van der Waals surface area contributed by atoms with Gasteiger partial charge in [0.1, 0.15) is 23.9 Å². The largest absolute Gasteiger partial charge is 0.487 e. The molecular weight excluding hydrogens is 487 g/mol. The zero-order valence-corrected chi connectivity index (χ0v) is 20.9. The van der Waals surface area contributed by atoms with Crippen LogP contribution in [0, 0.1) is 5.82 Å². The Morgan fingerprint density at radius 2 is 1.59 bits per heavy atom. The lowest BCUT2D eigenvalue weighted by Crippen LogP contribution is -1.95. The monoisotopic (exact) mass is 510 g/mol. The molecule has 0 saturated heterocycles. The van der Waals surface area contributed by atoms with Gasteiger partial charge in [-0.2, -0.15) is 5.10 Å². The summed E-state index contributed by atoms with van der Waals surface area (Å²) in [6.45, 7) is 0.481. The molecule has 7 aromatic rings. The van der Waals surface area contributed by atoms with Crippen LogP contribution in [0.5, 0.6) is 5.75 Å². The molecule has 5 nitrogen and oxygen atoms in total. The number of hydrogen-bond acceptors (Lipinski definition) is 3. The van der Waals surface area contributed by atoms with Crippen LogP contribution in [0.3, 0.4) is 0 Å². The summed E-state index contributed by atoms with van der Waals surface area (Å²) >= 11 is 0. The number of fused-ring (bicyclic) bond motifs is 2. The van der Waals surface area contributed by atoms with Gasteiger partial charge in [0.25, 0.3) is 0 Å². The fourth-order valence-electron chi connectivity index (χ4n) is 4.99. The third-order valence-electron chi connectivity index (χ3n) is 6.91. The predicted molar refractivity (Wildman–Crippen MR) is 153 cm³/mol. The highest BCUT2D eigenvalue weighted by Gasteiger charge is 2.15. The van der Waals surface area contributed by atoms with E-state index in [4.69, 9.17) is 4.74 Å². The van der Waals surface area contributed by atoms with Crippen molar-refractivity contribution in [2.24, 2.45) is 0 Å². The summed E-state index contributed by atoms with van der Waals surface area (Å²) in [6.07, 6.45) is 3.57. The van der Waals surface area contributed by atoms with Gasteiger partial charge in [-0.15, -0.1) is 0 Å². The van der Waals surface area contributed by atoms with Crippen molar-refractivity contribution in [2.75, 3.05) is 0 Å². The summed E-state index contributed by atoms with van der Waals surface area (Å²) in [4.78, 5) is 7.92. The van der Waals surface area contributed by atoms with Crippen LogP contribution in [0.25, 0.3) is 55.4 Å². The normalized spacial score (nSPS) is 11.3. The molecule has 3 aromatic heterocycles. The summed E-state index contributed by atoms with van der Waals surface area (Å²) in [5.74, 6) is 0.458. The molecule has 0 spiro atoms. The first kappa shape index (κ1) is 22.9. The van der Waals surface area contributed by atoms with E-state index < -0.39 is 0 Å². The second kappa shape index (κ2) is 9.58. The molecule has 0 bridgehead atoms. The third kappa shape index (κ3) is 4.42. The van der Waals surface area contributed by atoms with Gasteiger partial charge < -0.3 is 9.72 Å². The van der Waals surface area contributed by atoms with Crippen molar-refractivity contribution in [3.8, 4) is 39.4 Å². The molecule has 0 unspecified atom stereocenters. The Morgan fingerprint density at radius 3 is 2.49 bits per heavy atom. The quantitative estimate of drug-likeness (QED) is 0.237. The number of ether oxygens (including phenoxy) is 1. The minimum absolute atomic E-state index is 0.255. The maximum atomic E-state index is 13.9. The van der Waals surface area contributed by atoms with Crippen LogP contribution in [0.4, 0.5) is 4.39 Å². The Balaban J connectivity index is 1.24. The fraction of sp³-hybridized carbons (Fsp3) is 0.0303. The second-order valence-electron chi connectivity index (χ2n) is 9.48. The molecule has 0 fully saturated rings. The standard InChI is InChI=1S/C33H23FN4O/c34-25-9-4-8-23(14-25)27-10-5-11-30-28(27)17-32(36-30)33-29-16-22(12-13-31(29)37-38-33)24-15-26(19-35-18-24)39-20-21-6-2-1-3-7-21/h1-19,36H,20H2,(H,37,38). The lowest BCUT2D eigenvalue weighted by atomic mass is 10.0. The van der Waals surface area contributed by atoms with Crippen molar-refractivity contribution in [3.63, 3.8) is 0 Å². The molecule has 0 aliphatic rings. The van der Waals surface area contributed by atoms with Gasteiger partial charge in [0.2, 0.25) is 0 Å². The topological polar surface area (TPSA) is 66.6 Å². The maximum Gasteiger partial charge on any atom is 0.138 e. The van der Waals surface area contributed by atoms with Crippen LogP contribution < -0.4 is 4.74 Å². The van der Waals surface area contributed by atoms with E-state index in [1.807, 2.05) is 72.9 Å². The van der Waals surface area contributed by atoms with Crippen molar-refractivity contribution in [1.82, 2.24) is 20.2 Å². The van der Waals surface area contributed by atoms with E-state index in [1.165, 1.54) is 6.07 Å². The number of aromatic nitrogens is 4. The van der Waals surface area contributed by atoms with E-state index in [-0.39, 0.29) is 5.82 Å². The lowest BCUT2D eigenvalue weighted by molar-refractivity contribution is 0.305. The van der Waals surface area contributed by atoms with Crippen LogP contribution >= 0.6 is 0 Å². The van der Waals surface area contributed by atoms with Gasteiger partial charge in [-0.3, -0.25) is 10.1 Å². The molecule has 0 saturated carbocycles. The molecule has 3 heterocycles. The number of halogens is 1. The fourth-order valence-corrected chi connectivity index (χ4v) is 4.99. The SMILES string of the molecule is Fc1cccc(-c2cccc3[nH]c(-c4n[nH]c5ccc(-c6cncc(OCc7ccccc7)c6)cc45)cc23)c1. The molecular formula is C33H23FN4O. The highest BCUT2D eigenvalue weighted by atomic mass is 19.1. The second-order valence-corrected chi connectivity index (χ2v) is 9.48. The minimum atomic E-state index is -0.255. The van der Waals surface area contributed by atoms with Gasteiger partial charge in [-0.25, -0.2) is 4.39 Å². The van der Waals surface area contributed by atoms with E-state index in [0.29, 0.717) is 12.4 Å². The minimum Gasteiger partial charge on any atom is -0.487 e. The summed E-state index contributed by atoms with van der Waals surface area (Å²) < 4.78 is 19.9. The molecule has 6 heteroatoms. The van der Waals surface area contributed by atoms with E-state index >= 15 is 0 Å². The number of rotatable bonds is 6. The van der Waals surface area contributed by atoms with E-state index in [0.717, 1.165) is 61.0 Å². The Labute approximate surface area is 223 Å². The van der Waals surface area contributed by atoms with Crippen LogP contribution in [-0.2, 0) is 6.61 Å². The van der Waals surface area contributed by atoms with Gasteiger partial charge in [0.15, 0.2) is 0 Å². The van der Waals surface area contributed by atoms with Crippen molar-refractivity contribution in [3.05, 3.63) is 127 Å². The number of pyridine rings is 1. The van der Waals surface area contributed by atoms with Crippen LogP contribution in [0.15, 0.2) is 116 Å². The molecule has 0 radical (unpaired) electrons. The van der Waals surface area contributed by atoms with Crippen molar-refractivity contribution < 1.29 is 9.13 Å². The highest BCUT2D eigenvalue weighted by molar-refractivity contribution is 6.01. The number of H-pyrrole nitrogens is 2. The smallest absolute Gasteiger partial charge is 0.138 e. The number of nitrogens with one attached hydrogen (secondary N) is 2. The number of nitrogens with zero attached hydrogens (tertiary/aromatic N) is 2. The Bertz CT molecular complexity index is 1940. The molecule has 188 valence electrons. The highest BCUT2D eigenvalue weighted by Crippen LogP contribution is 2.35. The van der Waals surface area contributed by atoms with E-state index in [1.54, 1.807) is 18.3 Å². The van der Waals surface area contributed by atoms with Crippen molar-refractivity contribution in [2.45, 2.75) is 6.61 Å². The summed E-state index contributed by atoms with van der Waals surface area (Å²) in [5.41, 5.74) is 8.47. The maximum absolute atomic E-state index is 13.9. The first-order chi connectivity index (χ1) is 19.2. The van der Waals surface area contributed by atoms with Crippen molar-refractivity contribution >= 4 is 21.8 Å². The zero-order valence-electron chi connectivity index (χ0n) is 20.9. The van der Waals surface area contributed by atoms with Gasteiger partial charge >= 0.3 is 0 Å². The molecule has 0 amide bonds. The number of benzene rings is 4. The van der Waals surface area contributed by atoms with Gasteiger partial charge in [0, 0.05) is 28.0 Å². The summed E-state index contributed by atoms with van der Waals surface area (Å²) in [7, 11) is 0. The zero-order chi connectivity index (χ0) is 26.2. The van der Waals surface area contributed by atoms with Gasteiger partial charge in [0.05, 0.1) is 17.4 Å². The summed E-state index contributed by atoms with van der Waals surface area (Å²) in [5, 5.41) is 9.79. The molecule has 2 N–H and O–H groups in total. The molecule has 4 aromatic carbocycles. The van der Waals surface area contributed by atoms with E-state index in [2.05, 4.69) is 38.4 Å². The Hall–Kier alpha value is -5.23. The van der Waals surface area contributed by atoms with Crippen molar-refractivity contribution in [1.29, 1.82) is 0 Å². The average Bonchev–Trinajstić information content (AvgIpc) is 3.60. The molecule has 39 heavy (non-hydrogen) atoms. The Morgan fingerprint density at radius 1 is 0.692 bits per heavy atom. The number of aromatic amines is 2. The predicted octanol–water partition coefficient (Wildman–Crippen LogP) is 8.16.